The Labute approximate surface area is 100 Å². The number of primary sulfonamides is 1. The van der Waals surface area contributed by atoms with Crippen molar-refractivity contribution in [3.63, 3.8) is 0 Å². The average Bonchev–Trinajstić information content (AvgIpc) is 2.20. The minimum absolute atomic E-state index is 0.00911. The molecule has 5 N–H and O–H groups in total. The molecule has 1 atom stereocenters. The highest BCUT2D eigenvalue weighted by Crippen LogP contribution is 2.19. The molecular formula is C10H16FN3O2S. The first-order valence-corrected chi connectivity index (χ1v) is 6.68. The molecule has 0 saturated carbocycles. The van der Waals surface area contributed by atoms with Crippen molar-refractivity contribution >= 4 is 15.7 Å². The maximum atomic E-state index is 13.6. The summed E-state index contributed by atoms with van der Waals surface area (Å²) in [5.74, 6) is -0.652. The van der Waals surface area contributed by atoms with Gasteiger partial charge in [0.15, 0.2) is 0 Å². The van der Waals surface area contributed by atoms with Gasteiger partial charge in [0.2, 0.25) is 10.0 Å². The lowest BCUT2D eigenvalue weighted by Crippen LogP contribution is -2.20. The average molecular weight is 261 g/mol. The van der Waals surface area contributed by atoms with Crippen LogP contribution in [0.1, 0.15) is 13.3 Å². The van der Waals surface area contributed by atoms with Crippen molar-refractivity contribution in [3.8, 4) is 0 Å². The number of hydrogen-bond donors (Lipinski definition) is 3. The van der Waals surface area contributed by atoms with E-state index in [1.807, 2.05) is 6.92 Å². The summed E-state index contributed by atoms with van der Waals surface area (Å²) < 4.78 is 35.6. The molecule has 1 aromatic carbocycles. The Morgan fingerprint density at radius 3 is 2.59 bits per heavy atom. The Balaban J connectivity index is 2.91. The van der Waals surface area contributed by atoms with Crippen molar-refractivity contribution in [2.24, 2.45) is 10.9 Å². The minimum Gasteiger partial charge on any atom is -0.380 e. The number of benzene rings is 1. The van der Waals surface area contributed by atoms with Gasteiger partial charge >= 0.3 is 0 Å². The molecule has 0 saturated heterocycles. The lowest BCUT2D eigenvalue weighted by atomic mass is 10.2. The Morgan fingerprint density at radius 2 is 2.12 bits per heavy atom. The van der Waals surface area contributed by atoms with Gasteiger partial charge in [0.25, 0.3) is 0 Å². The van der Waals surface area contributed by atoms with Gasteiger partial charge in [-0.2, -0.15) is 0 Å². The summed E-state index contributed by atoms with van der Waals surface area (Å²) in [6, 6.07) is 3.51. The largest absolute Gasteiger partial charge is 0.380 e. The molecule has 0 fully saturated rings. The van der Waals surface area contributed by atoms with Gasteiger partial charge in [0.1, 0.15) is 5.82 Å². The lowest BCUT2D eigenvalue weighted by Gasteiger charge is -2.15. The molecule has 0 heterocycles. The lowest BCUT2D eigenvalue weighted by molar-refractivity contribution is 0.592. The van der Waals surface area contributed by atoms with Crippen molar-refractivity contribution in [2.75, 3.05) is 11.9 Å². The second-order valence-electron chi connectivity index (χ2n) is 3.81. The van der Waals surface area contributed by atoms with Crippen molar-refractivity contribution in [1.82, 2.24) is 0 Å². The van der Waals surface area contributed by atoms with Gasteiger partial charge in [0, 0.05) is 6.04 Å². The highest BCUT2D eigenvalue weighted by Gasteiger charge is 2.12. The SMILES string of the molecule is CC(CCN)Nc1ccc(S(N)(=O)=O)cc1F. The fraction of sp³-hybridized carbons (Fsp3) is 0.400. The molecule has 7 heteroatoms. The number of nitrogens with one attached hydrogen (secondary N) is 1. The summed E-state index contributed by atoms with van der Waals surface area (Å²) in [4.78, 5) is -0.243. The molecule has 0 bridgehead atoms. The van der Waals surface area contributed by atoms with E-state index < -0.39 is 15.8 Å². The van der Waals surface area contributed by atoms with Gasteiger partial charge in [-0.3, -0.25) is 0 Å². The van der Waals surface area contributed by atoms with E-state index >= 15 is 0 Å². The van der Waals surface area contributed by atoms with Crippen molar-refractivity contribution in [3.05, 3.63) is 24.0 Å². The highest BCUT2D eigenvalue weighted by atomic mass is 32.2. The zero-order valence-corrected chi connectivity index (χ0v) is 10.3. The molecule has 0 aliphatic heterocycles. The van der Waals surface area contributed by atoms with Crippen molar-refractivity contribution in [2.45, 2.75) is 24.3 Å². The fourth-order valence-corrected chi connectivity index (χ4v) is 1.90. The first kappa shape index (κ1) is 13.9. The molecule has 1 aromatic rings. The molecule has 17 heavy (non-hydrogen) atoms. The van der Waals surface area contributed by atoms with Gasteiger partial charge < -0.3 is 11.1 Å². The van der Waals surface area contributed by atoms with Crippen LogP contribution in [0.5, 0.6) is 0 Å². The number of halogens is 1. The van der Waals surface area contributed by atoms with Gasteiger partial charge in [-0.05, 0) is 38.1 Å². The van der Waals surface area contributed by atoms with E-state index in [0.29, 0.717) is 13.0 Å². The predicted molar refractivity (Wildman–Crippen MR) is 64.5 cm³/mol. The summed E-state index contributed by atoms with van der Waals surface area (Å²) in [5.41, 5.74) is 5.61. The Morgan fingerprint density at radius 1 is 1.47 bits per heavy atom. The van der Waals surface area contributed by atoms with E-state index in [9.17, 15) is 12.8 Å². The fourth-order valence-electron chi connectivity index (χ4n) is 1.38. The quantitative estimate of drug-likeness (QED) is 0.723. The van der Waals surface area contributed by atoms with Gasteiger partial charge in [0.05, 0.1) is 10.6 Å². The van der Waals surface area contributed by atoms with E-state index in [1.165, 1.54) is 12.1 Å². The van der Waals surface area contributed by atoms with Gasteiger partial charge in [-0.25, -0.2) is 17.9 Å². The van der Waals surface area contributed by atoms with Crippen molar-refractivity contribution < 1.29 is 12.8 Å². The predicted octanol–water partition coefficient (Wildman–Crippen LogP) is 0.622. The zero-order chi connectivity index (χ0) is 13.1. The number of anilines is 1. The third kappa shape index (κ3) is 3.95. The van der Waals surface area contributed by atoms with Crippen LogP contribution in [0.15, 0.2) is 23.1 Å². The smallest absolute Gasteiger partial charge is 0.238 e. The first-order valence-electron chi connectivity index (χ1n) is 5.13. The third-order valence-corrected chi connectivity index (χ3v) is 3.18. The molecule has 96 valence electrons. The minimum atomic E-state index is -3.87. The first-order chi connectivity index (χ1) is 7.84. The number of sulfonamides is 1. The van der Waals surface area contributed by atoms with E-state index in [2.05, 4.69) is 5.32 Å². The summed E-state index contributed by atoms with van der Waals surface area (Å²) in [6.45, 7) is 2.35. The molecule has 0 aromatic heterocycles. The Kier molecular flexibility index (Phi) is 4.44. The van der Waals surface area contributed by atoms with Crippen LogP contribution in [-0.2, 0) is 10.0 Å². The molecule has 0 aliphatic carbocycles. The molecule has 0 aliphatic rings. The molecule has 0 radical (unpaired) electrons. The van der Waals surface area contributed by atoms with E-state index in [-0.39, 0.29) is 16.6 Å². The van der Waals surface area contributed by atoms with Crippen molar-refractivity contribution in [1.29, 1.82) is 0 Å². The summed E-state index contributed by atoms with van der Waals surface area (Å²) in [6.07, 6.45) is 0.691. The standard InChI is InChI=1S/C10H16FN3O2S/c1-7(4-5-12)14-10-3-2-8(6-9(10)11)17(13,15)16/h2-3,6-7,14H,4-5,12H2,1H3,(H2,13,15,16). The molecule has 0 spiro atoms. The number of rotatable bonds is 5. The van der Waals surface area contributed by atoms with Crippen LogP contribution in [0.2, 0.25) is 0 Å². The van der Waals surface area contributed by atoms with Crippen LogP contribution in [0.25, 0.3) is 0 Å². The third-order valence-electron chi connectivity index (χ3n) is 2.27. The summed E-state index contributed by atoms with van der Waals surface area (Å²) in [5, 5.41) is 7.79. The topological polar surface area (TPSA) is 98.2 Å². The van der Waals surface area contributed by atoms with Gasteiger partial charge in [-0.1, -0.05) is 0 Å². The normalized spacial score (nSPS) is 13.4. The van der Waals surface area contributed by atoms with Crippen LogP contribution in [0, 0.1) is 5.82 Å². The highest BCUT2D eigenvalue weighted by molar-refractivity contribution is 7.89. The maximum absolute atomic E-state index is 13.6. The van der Waals surface area contributed by atoms with Crippen LogP contribution in [0.3, 0.4) is 0 Å². The number of hydrogen-bond acceptors (Lipinski definition) is 4. The second kappa shape index (κ2) is 5.44. The number of nitrogens with two attached hydrogens (primary N) is 2. The van der Waals surface area contributed by atoms with E-state index in [4.69, 9.17) is 10.9 Å². The molecule has 0 amide bonds. The molecule has 1 unspecified atom stereocenters. The summed E-state index contributed by atoms with van der Waals surface area (Å²) in [7, 11) is -3.87. The van der Waals surface area contributed by atoms with Crippen LogP contribution in [-0.4, -0.2) is 21.0 Å². The van der Waals surface area contributed by atoms with Gasteiger partial charge in [-0.15, -0.1) is 0 Å². The Hall–Kier alpha value is -1.18. The summed E-state index contributed by atoms with van der Waals surface area (Å²) >= 11 is 0. The zero-order valence-electron chi connectivity index (χ0n) is 9.48. The second-order valence-corrected chi connectivity index (χ2v) is 5.37. The monoisotopic (exact) mass is 261 g/mol. The van der Waals surface area contributed by atoms with Crippen LogP contribution >= 0.6 is 0 Å². The molecule has 1 rings (SSSR count). The van der Waals surface area contributed by atoms with E-state index in [0.717, 1.165) is 6.07 Å². The van der Waals surface area contributed by atoms with Crippen LogP contribution < -0.4 is 16.2 Å². The molecular weight excluding hydrogens is 245 g/mol. The van der Waals surface area contributed by atoms with Crippen LogP contribution in [0.4, 0.5) is 10.1 Å². The Bertz CT molecular complexity index is 490. The van der Waals surface area contributed by atoms with E-state index in [1.54, 1.807) is 0 Å². The molecule has 5 nitrogen and oxygen atoms in total. The maximum Gasteiger partial charge on any atom is 0.238 e.